The molecule has 0 radical (unpaired) electrons. The fourth-order valence-electron chi connectivity index (χ4n) is 2.66. The van der Waals surface area contributed by atoms with Gasteiger partial charge in [-0.2, -0.15) is 5.26 Å². The molecule has 1 aromatic carbocycles. The van der Waals surface area contributed by atoms with Gasteiger partial charge in [0.25, 0.3) is 0 Å². The number of nitriles is 1. The molecule has 1 aliphatic heterocycles. The maximum absolute atomic E-state index is 10.1. The van der Waals surface area contributed by atoms with Gasteiger partial charge in [0.05, 0.1) is 11.6 Å². The number of benzene rings is 1. The molecule has 1 atom stereocenters. The average Bonchev–Trinajstić information content (AvgIpc) is 2.48. The number of hydrogen-bond donors (Lipinski definition) is 1. The van der Waals surface area contributed by atoms with Crippen LogP contribution in [0, 0.1) is 11.3 Å². The summed E-state index contributed by atoms with van der Waals surface area (Å²) in [5, 5.41) is 18.8. The summed E-state index contributed by atoms with van der Waals surface area (Å²) in [7, 11) is 0. The predicted octanol–water partition coefficient (Wildman–Crippen LogP) is 2.56. The maximum Gasteiger partial charge on any atom is 0.119 e. The lowest BCUT2D eigenvalue weighted by molar-refractivity contribution is 0.0654. The van der Waals surface area contributed by atoms with E-state index in [1.807, 2.05) is 0 Å². The summed E-state index contributed by atoms with van der Waals surface area (Å²) in [6, 6.07) is 9.05. The number of hydrogen-bond acceptors (Lipinski definition) is 4. The molecule has 1 unspecified atom stereocenters. The van der Waals surface area contributed by atoms with Crippen LogP contribution in [0.3, 0.4) is 0 Å². The maximum atomic E-state index is 10.1. The number of aliphatic hydroxyl groups excluding tert-OH is 1. The highest BCUT2D eigenvalue weighted by atomic mass is 16.5. The van der Waals surface area contributed by atoms with Gasteiger partial charge in [0.1, 0.15) is 18.5 Å². The van der Waals surface area contributed by atoms with Crippen LogP contribution in [0.25, 0.3) is 0 Å². The molecule has 1 aromatic rings. The summed E-state index contributed by atoms with van der Waals surface area (Å²) in [6.45, 7) is 3.13. The SMILES string of the molecule is N#Cc1ccc(OCC(O)CN2CCCCCCC2)cc1. The average molecular weight is 288 g/mol. The molecule has 1 fully saturated rings. The topological polar surface area (TPSA) is 56.5 Å². The first-order chi connectivity index (χ1) is 10.3. The van der Waals surface area contributed by atoms with Crippen molar-refractivity contribution in [1.82, 2.24) is 4.90 Å². The van der Waals surface area contributed by atoms with Gasteiger partial charge in [-0.15, -0.1) is 0 Å². The second-order valence-electron chi connectivity index (χ2n) is 5.67. The first-order valence-electron chi connectivity index (χ1n) is 7.81. The van der Waals surface area contributed by atoms with Gasteiger partial charge in [-0.3, -0.25) is 0 Å². The Balaban J connectivity index is 1.72. The molecule has 0 saturated carbocycles. The zero-order chi connectivity index (χ0) is 14.9. The highest BCUT2D eigenvalue weighted by molar-refractivity contribution is 5.34. The number of rotatable bonds is 5. The van der Waals surface area contributed by atoms with Gasteiger partial charge in [0.15, 0.2) is 0 Å². The Morgan fingerprint density at radius 3 is 2.33 bits per heavy atom. The van der Waals surface area contributed by atoms with E-state index in [0.717, 1.165) is 13.1 Å². The van der Waals surface area contributed by atoms with Gasteiger partial charge in [-0.05, 0) is 50.2 Å². The highest BCUT2D eigenvalue weighted by Crippen LogP contribution is 2.13. The van der Waals surface area contributed by atoms with Crippen LogP contribution >= 0.6 is 0 Å². The molecule has 2 rings (SSSR count). The second-order valence-corrected chi connectivity index (χ2v) is 5.67. The molecule has 4 nitrogen and oxygen atoms in total. The molecule has 1 heterocycles. The molecular weight excluding hydrogens is 264 g/mol. The summed E-state index contributed by atoms with van der Waals surface area (Å²) >= 11 is 0. The van der Waals surface area contributed by atoms with Gasteiger partial charge in [0, 0.05) is 6.54 Å². The third kappa shape index (κ3) is 5.74. The molecule has 0 bridgehead atoms. The summed E-state index contributed by atoms with van der Waals surface area (Å²) in [5.74, 6) is 0.695. The Morgan fingerprint density at radius 1 is 1.10 bits per heavy atom. The monoisotopic (exact) mass is 288 g/mol. The Morgan fingerprint density at radius 2 is 1.71 bits per heavy atom. The van der Waals surface area contributed by atoms with Crippen LogP contribution in [0.4, 0.5) is 0 Å². The van der Waals surface area contributed by atoms with E-state index < -0.39 is 6.10 Å². The molecular formula is C17H24N2O2. The predicted molar refractivity (Wildman–Crippen MR) is 82.2 cm³/mol. The van der Waals surface area contributed by atoms with Crippen molar-refractivity contribution in [2.24, 2.45) is 0 Å². The van der Waals surface area contributed by atoms with Crippen molar-refractivity contribution < 1.29 is 9.84 Å². The van der Waals surface area contributed by atoms with Crippen molar-refractivity contribution in [3.05, 3.63) is 29.8 Å². The molecule has 1 aliphatic rings. The van der Waals surface area contributed by atoms with Crippen LogP contribution in [0.2, 0.25) is 0 Å². The number of β-amino-alcohol motifs (C(OH)–C–C–N with tert-alkyl or cyclic N) is 1. The van der Waals surface area contributed by atoms with Crippen LogP contribution in [0.15, 0.2) is 24.3 Å². The van der Waals surface area contributed by atoms with E-state index in [2.05, 4.69) is 11.0 Å². The van der Waals surface area contributed by atoms with E-state index in [9.17, 15) is 5.11 Å². The molecule has 21 heavy (non-hydrogen) atoms. The minimum Gasteiger partial charge on any atom is -0.491 e. The number of nitrogens with zero attached hydrogens (tertiary/aromatic N) is 2. The Bertz CT molecular complexity index is 445. The van der Waals surface area contributed by atoms with Gasteiger partial charge in [-0.25, -0.2) is 0 Å². The van der Waals surface area contributed by atoms with Crippen molar-refractivity contribution in [3.63, 3.8) is 0 Å². The zero-order valence-electron chi connectivity index (χ0n) is 12.5. The fourth-order valence-corrected chi connectivity index (χ4v) is 2.66. The van der Waals surface area contributed by atoms with Crippen LogP contribution in [-0.4, -0.2) is 42.4 Å². The normalized spacial score (nSPS) is 18.3. The second kappa shape index (κ2) is 8.66. The van der Waals surface area contributed by atoms with Gasteiger partial charge < -0.3 is 14.7 Å². The molecule has 0 aliphatic carbocycles. The lowest BCUT2D eigenvalue weighted by atomic mass is 10.1. The van der Waals surface area contributed by atoms with Gasteiger partial charge in [-0.1, -0.05) is 19.3 Å². The van der Waals surface area contributed by atoms with Crippen molar-refractivity contribution in [2.45, 2.75) is 38.2 Å². The van der Waals surface area contributed by atoms with E-state index in [0.29, 0.717) is 24.5 Å². The fraction of sp³-hybridized carbons (Fsp3) is 0.588. The summed E-state index contributed by atoms with van der Waals surface area (Å²) < 4.78 is 5.58. The number of aliphatic hydroxyl groups is 1. The standard InChI is InChI=1S/C17H24N2O2/c18-12-15-6-8-17(9-7-15)21-14-16(20)13-19-10-4-2-1-3-5-11-19/h6-9,16,20H,1-5,10-11,13-14H2. The van der Waals surface area contributed by atoms with Crippen LogP contribution in [-0.2, 0) is 0 Å². The molecule has 0 amide bonds. The smallest absolute Gasteiger partial charge is 0.119 e. The summed E-state index contributed by atoms with van der Waals surface area (Å²) in [5.41, 5.74) is 0.614. The third-order valence-electron chi connectivity index (χ3n) is 3.84. The first-order valence-corrected chi connectivity index (χ1v) is 7.81. The van der Waals surface area contributed by atoms with E-state index in [1.165, 1.54) is 32.1 Å². The van der Waals surface area contributed by atoms with Crippen molar-refractivity contribution in [2.75, 3.05) is 26.2 Å². The molecule has 4 heteroatoms. The van der Waals surface area contributed by atoms with Crippen molar-refractivity contribution in [1.29, 1.82) is 5.26 Å². The van der Waals surface area contributed by atoms with E-state index in [-0.39, 0.29) is 0 Å². The molecule has 0 aromatic heterocycles. The molecule has 1 N–H and O–H groups in total. The summed E-state index contributed by atoms with van der Waals surface area (Å²) in [4.78, 5) is 2.34. The van der Waals surface area contributed by atoms with Gasteiger partial charge in [0.2, 0.25) is 0 Å². The minimum absolute atomic E-state index is 0.294. The number of likely N-dealkylation sites (tertiary alicyclic amines) is 1. The molecule has 1 saturated heterocycles. The van der Waals surface area contributed by atoms with E-state index >= 15 is 0 Å². The quantitative estimate of drug-likeness (QED) is 0.904. The Hall–Kier alpha value is -1.57. The third-order valence-corrected chi connectivity index (χ3v) is 3.84. The van der Waals surface area contributed by atoms with Crippen LogP contribution < -0.4 is 4.74 Å². The number of ether oxygens (including phenoxy) is 1. The zero-order valence-corrected chi connectivity index (χ0v) is 12.5. The Kier molecular flexibility index (Phi) is 6.52. The van der Waals surface area contributed by atoms with E-state index in [4.69, 9.17) is 10.00 Å². The molecule has 0 spiro atoms. The highest BCUT2D eigenvalue weighted by Gasteiger charge is 2.13. The van der Waals surface area contributed by atoms with Crippen molar-refractivity contribution >= 4 is 0 Å². The lowest BCUT2D eigenvalue weighted by Crippen LogP contribution is -2.37. The largest absolute Gasteiger partial charge is 0.491 e. The lowest BCUT2D eigenvalue weighted by Gasteiger charge is -2.26. The van der Waals surface area contributed by atoms with Crippen molar-refractivity contribution in [3.8, 4) is 11.8 Å². The summed E-state index contributed by atoms with van der Waals surface area (Å²) in [6.07, 6.45) is 5.92. The Labute approximate surface area is 127 Å². The minimum atomic E-state index is -0.472. The van der Waals surface area contributed by atoms with Gasteiger partial charge >= 0.3 is 0 Å². The van der Waals surface area contributed by atoms with E-state index in [1.54, 1.807) is 24.3 Å². The van der Waals surface area contributed by atoms with Crippen LogP contribution in [0.5, 0.6) is 5.75 Å². The first kappa shape index (κ1) is 15.8. The van der Waals surface area contributed by atoms with Crippen LogP contribution in [0.1, 0.15) is 37.7 Å². The molecule has 114 valence electrons.